The maximum atomic E-state index is 12.3. The lowest BCUT2D eigenvalue weighted by atomic mass is 9.90. The minimum atomic E-state index is -1.10. The van der Waals surface area contributed by atoms with E-state index in [2.05, 4.69) is 0 Å². The Labute approximate surface area is 201 Å². The highest BCUT2D eigenvalue weighted by molar-refractivity contribution is 5.74. The van der Waals surface area contributed by atoms with Gasteiger partial charge in [0.25, 0.3) is 0 Å². The van der Waals surface area contributed by atoms with Crippen molar-refractivity contribution in [3.8, 4) is 0 Å². The van der Waals surface area contributed by atoms with Crippen LogP contribution in [0.4, 0.5) is 0 Å². The molecule has 2 aliphatic carbocycles. The summed E-state index contributed by atoms with van der Waals surface area (Å²) in [4.78, 5) is 49.9. The van der Waals surface area contributed by atoms with Crippen molar-refractivity contribution in [2.45, 2.75) is 64.2 Å². The Balaban J connectivity index is 1.79. The molecule has 10 nitrogen and oxygen atoms in total. The number of esters is 2. The van der Waals surface area contributed by atoms with E-state index in [1.807, 2.05) is 0 Å². The molecule has 194 valence electrons. The molecule has 2 aliphatic rings. The van der Waals surface area contributed by atoms with Gasteiger partial charge in [-0.3, -0.25) is 29.0 Å². The molecule has 0 heterocycles. The highest BCUT2D eigenvalue weighted by Gasteiger charge is 2.22. The number of aliphatic carboxylic acids is 2. The standard InChI is InChI=1S/C24H40N2O8/c27-21(28)13-25(15-23(31)33-17-19-7-3-1-4-8-19)11-12-26(14-22(29)30)16-24(32)34-18-20-9-5-2-6-10-20/h19-20H,1-18H2,(H,27,28)(H,29,30). The summed E-state index contributed by atoms with van der Waals surface area (Å²) < 4.78 is 10.7. The van der Waals surface area contributed by atoms with Crippen molar-refractivity contribution in [2.24, 2.45) is 11.8 Å². The van der Waals surface area contributed by atoms with Crippen LogP contribution in [-0.2, 0) is 28.7 Å². The quantitative estimate of drug-likeness (QED) is 0.332. The summed E-state index contributed by atoms with van der Waals surface area (Å²) in [5, 5.41) is 18.4. The van der Waals surface area contributed by atoms with E-state index in [4.69, 9.17) is 9.47 Å². The molecule has 0 unspecified atom stereocenters. The van der Waals surface area contributed by atoms with Gasteiger partial charge in [-0.05, 0) is 37.5 Å². The van der Waals surface area contributed by atoms with Crippen LogP contribution in [0.5, 0.6) is 0 Å². The van der Waals surface area contributed by atoms with Gasteiger partial charge < -0.3 is 19.7 Å². The molecule has 0 radical (unpaired) electrons. The van der Waals surface area contributed by atoms with Gasteiger partial charge in [0.1, 0.15) is 0 Å². The Morgan fingerprint density at radius 2 is 0.941 bits per heavy atom. The van der Waals surface area contributed by atoms with Gasteiger partial charge in [0, 0.05) is 13.1 Å². The normalized spacial score (nSPS) is 17.6. The lowest BCUT2D eigenvalue weighted by Gasteiger charge is -2.26. The zero-order chi connectivity index (χ0) is 24.8. The number of nitrogens with zero attached hydrogens (tertiary/aromatic N) is 2. The molecule has 0 bridgehead atoms. The predicted molar refractivity (Wildman–Crippen MR) is 123 cm³/mol. The van der Waals surface area contributed by atoms with Crippen LogP contribution in [0.15, 0.2) is 0 Å². The SMILES string of the molecule is O=C(O)CN(CCN(CC(=O)O)CC(=O)OCC1CCCCC1)CC(=O)OCC1CCCCC1. The smallest absolute Gasteiger partial charge is 0.320 e. The van der Waals surface area contributed by atoms with Crippen molar-refractivity contribution < 1.29 is 38.9 Å². The van der Waals surface area contributed by atoms with E-state index in [9.17, 15) is 29.4 Å². The number of carbonyl (C=O) groups is 4. The molecule has 0 aromatic heterocycles. The monoisotopic (exact) mass is 484 g/mol. The molecule has 10 heteroatoms. The van der Waals surface area contributed by atoms with E-state index < -0.39 is 23.9 Å². The zero-order valence-corrected chi connectivity index (χ0v) is 20.1. The summed E-state index contributed by atoms with van der Waals surface area (Å²) in [6.07, 6.45) is 11.1. The highest BCUT2D eigenvalue weighted by Crippen LogP contribution is 2.24. The number of carboxylic acid groups (broad SMARTS) is 2. The van der Waals surface area contributed by atoms with Crippen LogP contribution in [0, 0.1) is 11.8 Å². The molecule has 2 fully saturated rings. The van der Waals surface area contributed by atoms with E-state index in [1.54, 1.807) is 0 Å². The van der Waals surface area contributed by atoms with Crippen LogP contribution >= 0.6 is 0 Å². The van der Waals surface area contributed by atoms with Crippen molar-refractivity contribution >= 4 is 23.9 Å². The Morgan fingerprint density at radius 3 is 1.26 bits per heavy atom. The summed E-state index contributed by atoms with van der Waals surface area (Å²) in [6.45, 7) is -0.271. The summed E-state index contributed by atoms with van der Waals surface area (Å²) in [7, 11) is 0. The molecule has 2 rings (SSSR count). The molecule has 34 heavy (non-hydrogen) atoms. The minimum absolute atomic E-state index is 0.105. The molecule has 2 saturated carbocycles. The average Bonchev–Trinajstić information content (AvgIpc) is 2.80. The van der Waals surface area contributed by atoms with E-state index in [-0.39, 0.29) is 39.3 Å². The highest BCUT2D eigenvalue weighted by atomic mass is 16.5. The number of hydrogen-bond donors (Lipinski definition) is 2. The molecule has 0 saturated heterocycles. The van der Waals surface area contributed by atoms with E-state index in [0.717, 1.165) is 51.4 Å². The first-order valence-corrected chi connectivity index (χ1v) is 12.5. The van der Waals surface area contributed by atoms with Crippen molar-refractivity contribution in [1.82, 2.24) is 9.80 Å². The van der Waals surface area contributed by atoms with Crippen molar-refractivity contribution in [3.05, 3.63) is 0 Å². The van der Waals surface area contributed by atoms with Gasteiger partial charge in [-0.25, -0.2) is 0 Å². The van der Waals surface area contributed by atoms with E-state index >= 15 is 0 Å². The van der Waals surface area contributed by atoms with Crippen LogP contribution in [-0.4, -0.2) is 96.4 Å². The van der Waals surface area contributed by atoms with Gasteiger partial charge in [0.15, 0.2) is 0 Å². The van der Waals surface area contributed by atoms with Gasteiger partial charge in [-0.15, -0.1) is 0 Å². The number of carbonyl (C=O) groups excluding carboxylic acids is 2. The third kappa shape index (κ3) is 12.3. The number of rotatable bonds is 15. The molecule has 0 aliphatic heterocycles. The molecule has 0 atom stereocenters. The Bertz CT molecular complexity index is 603. The van der Waals surface area contributed by atoms with Gasteiger partial charge in [-0.1, -0.05) is 38.5 Å². The molecule has 0 aromatic carbocycles. The van der Waals surface area contributed by atoms with E-state index in [0.29, 0.717) is 25.0 Å². The van der Waals surface area contributed by atoms with Crippen molar-refractivity contribution in [1.29, 1.82) is 0 Å². The number of hydrogen-bond acceptors (Lipinski definition) is 8. The number of carboxylic acids is 2. The van der Waals surface area contributed by atoms with Crippen LogP contribution in [0.3, 0.4) is 0 Å². The first-order chi connectivity index (χ1) is 16.3. The summed E-state index contributed by atoms with van der Waals surface area (Å²) >= 11 is 0. The predicted octanol–water partition coefficient (Wildman–Crippen LogP) is 2.01. The van der Waals surface area contributed by atoms with Gasteiger partial charge >= 0.3 is 23.9 Å². The third-order valence-electron chi connectivity index (χ3n) is 6.57. The second-order valence-corrected chi connectivity index (χ2v) is 9.58. The molecule has 0 amide bonds. The van der Waals surface area contributed by atoms with Gasteiger partial charge in [0.05, 0.1) is 39.4 Å². The fourth-order valence-electron chi connectivity index (χ4n) is 4.68. The molecular weight excluding hydrogens is 444 g/mol. The van der Waals surface area contributed by atoms with Crippen LogP contribution in [0.1, 0.15) is 64.2 Å². The van der Waals surface area contributed by atoms with Crippen molar-refractivity contribution in [2.75, 3.05) is 52.5 Å². The van der Waals surface area contributed by atoms with Crippen LogP contribution in [0.2, 0.25) is 0 Å². The third-order valence-corrected chi connectivity index (χ3v) is 6.57. The second kappa shape index (κ2) is 15.7. The zero-order valence-electron chi connectivity index (χ0n) is 20.1. The summed E-state index contributed by atoms with van der Waals surface area (Å²) in [5.74, 6) is -2.48. The average molecular weight is 485 g/mol. The van der Waals surface area contributed by atoms with Crippen LogP contribution in [0.25, 0.3) is 0 Å². The topological polar surface area (TPSA) is 134 Å². The summed E-state index contributed by atoms with van der Waals surface area (Å²) in [6, 6.07) is 0. The Hall–Kier alpha value is -2.20. The maximum Gasteiger partial charge on any atom is 0.320 e. The largest absolute Gasteiger partial charge is 0.480 e. The molecule has 0 spiro atoms. The molecule has 0 aromatic rings. The maximum absolute atomic E-state index is 12.3. The van der Waals surface area contributed by atoms with Crippen molar-refractivity contribution in [3.63, 3.8) is 0 Å². The molecule has 2 N–H and O–H groups in total. The summed E-state index contributed by atoms with van der Waals surface area (Å²) in [5.41, 5.74) is 0. The van der Waals surface area contributed by atoms with Gasteiger partial charge in [-0.2, -0.15) is 0 Å². The first-order valence-electron chi connectivity index (χ1n) is 12.5. The lowest BCUT2D eigenvalue weighted by molar-refractivity contribution is -0.150. The molecular formula is C24H40N2O8. The Kier molecular flexibility index (Phi) is 12.9. The fraction of sp³-hybridized carbons (Fsp3) is 0.833. The van der Waals surface area contributed by atoms with Crippen LogP contribution < -0.4 is 0 Å². The lowest BCUT2D eigenvalue weighted by Crippen LogP contribution is -2.44. The Morgan fingerprint density at radius 1 is 0.588 bits per heavy atom. The number of ether oxygens (including phenoxy) is 2. The first kappa shape index (κ1) is 28.0. The minimum Gasteiger partial charge on any atom is -0.480 e. The van der Waals surface area contributed by atoms with Gasteiger partial charge in [0.2, 0.25) is 0 Å². The van der Waals surface area contributed by atoms with E-state index in [1.165, 1.54) is 22.6 Å². The fourth-order valence-corrected chi connectivity index (χ4v) is 4.68. The second-order valence-electron chi connectivity index (χ2n) is 9.58.